The van der Waals surface area contributed by atoms with Gasteiger partial charge in [0.05, 0.1) is 23.5 Å². The summed E-state index contributed by atoms with van der Waals surface area (Å²) in [6.07, 6.45) is 0. The van der Waals surface area contributed by atoms with E-state index in [9.17, 15) is 9.59 Å². The Labute approximate surface area is 171 Å². The molecular weight excluding hydrogens is 401 g/mol. The van der Waals surface area contributed by atoms with Crippen LogP contribution in [0.4, 0.5) is 5.69 Å². The van der Waals surface area contributed by atoms with Crippen LogP contribution in [0.25, 0.3) is 11.3 Å². The summed E-state index contributed by atoms with van der Waals surface area (Å²) in [6.45, 7) is 1.59. The van der Waals surface area contributed by atoms with Crippen molar-refractivity contribution in [1.82, 2.24) is 9.78 Å². The van der Waals surface area contributed by atoms with Gasteiger partial charge >= 0.3 is 0 Å². The fourth-order valence-corrected chi connectivity index (χ4v) is 3.01. The molecule has 0 aliphatic carbocycles. The summed E-state index contributed by atoms with van der Waals surface area (Å²) in [5.41, 5.74) is 1.37. The Morgan fingerprint density at radius 2 is 1.82 bits per heavy atom. The van der Waals surface area contributed by atoms with Gasteiger partial charge in [0.15, 0.2) is 0 Å². The van der Waals surface area contributed by atoms with Crippen molar-refractivity contribution in [2.75, 3.05) is 12.4 Å². The highest BCUT2D eigenvalue weighted by molar-refractivity contribution is 6.36. The molecule has 28 heavy (non-hydrogen) atoms. The lowest BCUT2D eigenvalue weighted by atomic mass is 10.1. The average molecular weight is 418 g/mol. The zero-order valence-electron chi connectivity index (χ0n) is 15.1. The highest BCUT2D eigenvalue weighted by Crippen LogP contribution is 2.26. The van der Waals surface area contributed by atoms with Crippen molar-refractivity contribution in [2.45, 2.75) is 13.0 Å². The Bertz CT molecular complexity index is 1070. The molecule has 1 aromatic heterocycles. The van der Waals surface area contributed by atoms with Gasteiger partial charge in [-0.1, -0.05) is 23.2 Å². The number of aromatic nitrogens is 2. The molecule has 0 radical (unpaired) electrons. The van der Waals surface area contributed by atoms with E-state index in [0.29, 0.717) is 27.2 Å². The lowest BCUT2D eigenvalue weighted by Crippen LogP contribution is -2.33. The largest absolute Gasteiger partial charge is 0.497 e. The van der Waals surface area contributed by atoms with Crippen LogP contribution in [0.2, 0.25) is 10.0 Å². The van der Waals surface area contributed by atoms with Crippen molar-refractivity contribution in [1.29, 1.82) is 0 Å². The summed E-state index contributed by atoms with van der Waals surface area (Å²) in [4.78, 5) is 24.9. The van der Waals surface area contributed by atoms with Crippen LogP contribution in [0.3, 0.4) is 0 Å². The number of anilines is 1. The van der Waals surface area contributed by atoms with Crippen molar-refractivity contribution in [3.8, 4) is 17.0 Å². The molecule has 0 saturated heterocycles. The van der Waals surface area contributed by atoms with Crippen LogP contribution in [-0.2, 0) is 4.79 Å². The number of methoxy groups -OCH3 is 1. The summed E-state index contributed by atoms with van der Waals surface area (Å²) < 4.78 is 6.28. The van der Waals surface area contributed by atoms with E-state index in [1.54, 1.807) is 44.4 Å². The number of hydrogen-bond donors (Lipinski definition) is 1. The summed E-state index contributed by atoms with van der Waals surface area (Å²) >= 11 is 12.0. The second kappa shape index (κ2) is 8.46. The molecule has 0 fully saturated rings. The molecule has 144 valence electrons. The number of nitrogens with zero attached hydrogens (tertiary/aromatic N) is 2. The van der Waals surface area contributed by atoms with E-state index in [1.165, 1.54) is 12.1 Å². The maximum absolute atomic E-state index is 12.6. The number of halogens is 2. The minimum Gasteiger partial charge on any atom is -0.497 e. The van der Waals surface area contributed by atoms with Gasteiger partial charge in [-0.25, -0.2) is 4.68 Å². The van der Waals surface area contributed by atoms with Gasteiger partial charge in [0, 0.05) is 16.7 Å². The van der Waals surface area contributed by atoms with Crippen LogP contribution in [0.5, 0.6) is 5.75 Å². The minimum atomic E-state index is -0.850. The van der Waals surface area contributed by atoms with E-state index in [-0.39, 0.29) is 5.56 Å². The molecule has 8 heteroatoms. The highest BCUT2D eigenvalue weighted by Gasteiger charge is 2.19. The van der Waals surface area contributed by atoms with Gasteiger partial charge in [0.1, 0.15) is 11.8 Å². The van der Waals surface area contributed by atoms with E-state index in [4.69, 9.17) is 27.9 Å². The van der Waals surface area contributed by atoms with Crippen LogP contribution < -0.4 is 15.6 Å². The van der Waals surface area contributed by atoms with E-state index in [1.807, 2.05) is 12.1 Å². The highest BCUT2D eigenvalue weighted by atomic mass is 35.5. The van der Waals surface area contributed by atoms with E-state index >= 15 is 0 Å². The molecular formula is C20H17Cl2N3O3. The molecule has 1 unspecified atom stereocenters. The van der Waals surface area contributed by atoms with Crippen molar-refractivity contribution in [3.63, 3.8) is 0 Å². The summed E-state index contributed by atoms with van der Waals surface area (Å²) in [5, 5.41) is 7.80. The minimum absolute atomic E-state index is 0.306. The number of carbonyl (C=O) groups excluding carboxylic acids is 1. The maximum Gasteiger partial charge on any atom is 0.267 e. The van der Waals surface area contributed by atoms with Crippen LogP contribution in [0.15, 0.2) is 59.4 Å². The normalized spacial score (nSPS) is 11.7. The van der Waals surface area contributed by atoms with Gasteiger partial charge in [0.2, 0.25) is 5.91 Å². The SMILES string of the molecule is COc1ccc(-c2ccc(=O)n(C(C)C(=O)Nc3ccc(Cl)cc3Cl)n2)cc1. The monoisotopic (exact) mass is 417 g/mol. The first-order chi connectivity index (χ1) is 13.4. The van der Waals surface area contributed by atoms with Crippen molar-refractivity contribution >= 4 is 34.8 Å². The number of carbonyl (C=O) groups is 1. The van der Waals surface area contributed by atoms with Gasteiger partial charge in [-0.15, -0.1) is 0 Å². The van der Waals surface area contributed by atoms with Crippen molar-refractivity contribution in [2.24, 2.45) is 0 Å². The van der Waals surface area contributed by atoms with Gasteiger partial charge < -0.3 is 10.1 Å². The second-order valence-corrected chi connectivity index (χ2v) is 6.86. The fourth-order valence-electron chi connectivity index (χ4n) is 2.56. The molecule has 3 aromatic rings. The first-order valence-electron chi connectivity index (χ1n) is 8.39. The quantitative estimate of drug-likeness (QED) is 0.666. The van der Waals surface area contributed by atoms with E-state index in [2.05, 4.69) is 10.4 Å². The number of hydrogen-bond acceptors (Lipinski definition) is 4. The van der Waals surface area contributed by atoms with E-state index in [0.717, 1.165) is 10.2 Å². The van der Waals surface area contributed by atoms with Crippen molar-refractivity contribution < 1.29 is 9.53 Å². The Hall–Kier alpha value is -2.83. The molecule has 1 N–H and O–H groups in total. The Kier molecular flexibility index (Phi) is 6.02. The van der Waals surface area contributed by atoms with Gasteiger partial charge in [0.25, 0.3) is 5.56 Å². The van der Waals surface area contributed by atoms with Crippen LogP contribution in [-0.4, -0.2) is 22.8 Å². The van der Waals surface area contributed by atoms with Crippen molar-refractivity contribution in [3.05, 3.63) is 75.0 Å². The molecule has 0 aliphatic rings. The third kappa shape index (κ3) is 4.35. The third-order valence-electron chi connectivity index (χ3n) is 4.15. The lowest BCUT2D eigenvalue weighted by Gasteiger charge is -2.16. The number of nitrogens with one attached hydrogen (secondary N) is 1. The molecule has 0 spiro atoms. The number of ether oxygens (including phenoxy) is 1. The predicted molar refractivity (Wildman–Crippen MR) is 110 cm³/mol. The van der Waals surface area contributed by atoms with E-state index < -0.39 is 11.9 Å². The molecule has 3 rings (SSSR count). The Balaban J connectivity index is 1.86. The molecule has 0 saturated carbocycles. The molecule has 1 heterocycles. The molecule has 0 aliphatic heterocycles. The molecule has 0 bridgehead atoms. The molecule has 1 amide bonds. The first kappa shape index (κ1) is 19.9. The maximum atomic E-state index is 12.6. The summed E-state index contributed by atoms with van der Waals surface area (Å²) in [5.74, 6) is 0.287. The number of rotatable bonds is 5. The predicted octanol–water partition coefficient (Wildman–Crippen LogP) is 4.43. The molecule has 2 aromatic carbocycles. The fraction of sp³-hybridized carbons (Fsp3) is 0.150. The molecule has 1 atom stereocenters. The standard InChI is InChI=1S/C20H17Cl2N3O3/c1-12(20(27)23-18-8-5-14(21)11-16(18)22)25-19(26)10-9-17(24-25)13-3-6-15(28-2)7-4-13/h3-12H,1-2H3,(H,23,27). The topological polar surface area (TPSA) is 73.2 Å². The first-order valence-corrected chi connectivity index (χ1v) is 9.15. The Morgan fingerprint density at radius 1 is 1.11 bits per heavy atom. The number of amides is 1. The zero-order chi connectivity index (χ0) is 20.3. The average Bonchev–Trinajstić information content (AvgIpc) is 2.70. The second-order valence-electron chi connectivity index (χ2n) is 6.02. The number of benzene rings is 2. The van der Waals surface area contributed by atoms with Gasteiger partial charge in [-0.05, 0) is 55.5 Å². The third-order valence-corrected chi connectivity index (χ3v) is 4.69. The zero-order valence-corrected chi connectivity index (χ0v) is 16.7. The lowest BCUT2D eigenvalue weighted by molar-refractivity contribution is -0.119. The van der Waals surface area contributed by atoms with Gasteiger partial charge in [-0.3, -0.25) is 9.59 Å². The van der Waals surface area contributed by atoms with Crippen LogP contribution in [0, 0.1) is 0 Å². The van der Waals surface area contributed by atoms with Crippen LogP contribution in [0.1, 0.15) is 13.0 Å². The smallest absolute Gasteiger partial charge is 0.267 e. The van der Waals surface area contributed by atoms with Gasteiger partial charge in [-0.2, -0.15) is 5.10 Å². The summed E-state index contributed by atoms with van der Waals surface area (Å²) in [6, 6.07) is 14.1. The summed E-state index contributed by atoms with van der Waals surface area (Å²) in [7, 11) is 1.58. The van der Waals surface area contributed by atoms with Crippen LogP contribution >= 0.6 is 23.2 Å². The Morgan fingerprint density at radius 3 is 2.46 bits per heavy atom. The molecule has 6 nitrogen and oxygen atoms in total.